The molecule has 1 aromatic carbocycles. The van der Waals surface area contributed by atoms with E-state index in [2.05, 4.69) is 6.08 Å². The Kier molecular flexibility index (Phi) is 9.83. The van der Waals surface area contributed by atoms with Gasteiger partial charge in [0.25, 0.3) is 0 Å². The minimum Gasteiger partial charge on any atom is -0.490 e. The van der Waals surface area contributed by atoms with Crippen LogP contribution in [0.4, 0.5) is 0 Å². The highest BCUT2D eigenvalue weighted by molar-refractivity contribution is 6.17. The van der Waals surface area contributed by atoms with Gasteiger partial charge in [-0.1, -0.05) is 24.3 Å². The minimum absolute atomic E-state index is 0.0816. The number of hydrogen-bond acceptors (Lipinski definition) is 6. The largest absolute Gasteiger partial charge is 0.490 e. The zero-order valence-electron chi connectivity index (χ0n) is 18.1. The Morgan fingerprint density at radius 1 is 1.07 bits per heavy atom. The molecule has 0 N–H and O–H groups in total. The normalized spacial score (nSPS) is 18.7. The van der Waals surface area contributed by atoms with Gasteiger partial charge in [0, 0.05) is 16.8 Å². The van der Waals surface area contributed by atoms with E-state index >= 15 is 0 Å². The number of carbonyl (C=O) groups is 2. The molecule has 1 aromatic rings. The van der Waals surface area contributed by atoms with Crippen LogP contribution in [-0.4, -0.2) is 53.8 Å². The second kappa shape index (κ2) is 12.3. The van der Waals surface area contributed by atoms with Gasteiger partial charge in [-0.15, -0.1) is 0 Å². The molecule has 164 valence electrons. The van der Waals surface area contributed by atoms with Gasteiger partial charge in [0.15, 0.2) is 0 Å². The van der Waals surface area contributed by atoms with Crippen LogP contribution in [0.15, 0.2) is 42.0 Å². The maximum absolute atomic E-state index is 12.0. The molecule has 1 fully saturated rings. The van der Waals surface area contributed by atoms with Crippen molar-refractivity contribution >= 4 is 28.3 Å². The van der Waals surface area contributed by atoms with Gasteiger partial charge in [0.1, 0.15) is 17.9 Å². The van der Waals surface area contributed by atoms with Gasteiger partial charge in [0.2, 0.25) is 0 Å². The van der Waals surface area contributed by atoms with Crippen LogP contribution in [-0.2, 0) is 23.8 Å². The van der Waals surface area contributed by atoms with Gasteiger partial charge in [-0.2, -0.15) is 0 Å². The Balaban J connectivity index is 1.91. The molecule has 7 heteroatoms. The molecule has 1 atom stereocenters. The van der Waals surface area contributed by atoms with E-state index in [9.17, 15) is 9.59 Å². The first kappa shape index (κ1) is 23.9. The maximum Gasteiger partial charge on any atom is 0.345 e. The van der Waals surface area contributed by atoms with Crippen molar-refractivity contribution in [1.29, 1.82) is 0 Å². The van der Waals surface area contributed by atoms with Crippen LogP contribution < -0.4 is 4.74 Å². The molecule has 0 radical (unpaired) electrons. The number of rotatable bonds is 10. The zero-order chi connectivity index (χ0) is 21.8. The lowest BCUT2D eigenvalue weighted by Crippen LogP contribution is -2.36. The molecule has 0 bridgehead atoms. The minimum atomic E-state index is -0.694. The third-order valence-corrected chi connectivity index (χ3v) is 5.99. The molecule has 30 heavy (non-hydrogen) atoms. The van der Waals surface area contributed by atoms with E-state index in [0.29, 0.717) is 17.9 Å². The Bertz CT molecular complexity index is 727. The summed E-state index contributed by atoms with van der Waals surface area (Å²) in [5.41, 5.74) is 0.554. The van der Waals surface area contributed by atoms with E-state index < -0.39 is 11.9 Å². The fraction of sp³-hybridized carbons (Fsp3) is 0.478. The highest BCUT2D eigenvalue weighted by Crippen LogP contribution is 2.25. The lowest BCUT2D eigenvalue weighted by molar-refractivity contribution is -0.146. The molecule has 1 heterocycles. The monoisotopic (exact) mass is 432 g/mol. The number of esters is 2. The quantitative estimate of drug-likeness (QED) is 0.141. The standard InChI is InChI=1S/C23H32O6Si/c1-3-26-21(24)20(22(25)27-4-2)17-18-9-11-19(12-10-18)28-15-7-5-13-23(30)14-6-8-16-29-23/h5,7,9-12,17H,3-4,6,8,13-16H2,1-2,30H3. The maximum atomic E-state index is 12.0. The van der Waals surface area contributed by atoms with Crippen LogP contribution in [0.2, 0.25) is 0 Å². The summed E-state index contributed by atoms with van der Waals surface area (Å²) in [6.07, 6.45) is 10.1. The SMILES string of the molecule is CCOC(=O)C(=Cc1ccc(OCC=CCC2([SiH3])CCCCO2)cc1)C(=O)OCC. The second-order valence-electron chi connectivity index (χ2n) is 7.31. The number of ether oxygens (including phenoxy) is 4. The zero-order valence-corrected chi connectivity index (χ0v) is 20.1. The first-order chi connectivity index (χ1) is 14.5. The van der Waals surface area contributed by atoms with Crippen molar-refractivity contribution in [1.82, 2.24) is 0 Å². The fourth-order valence-electron chi connectivity index (χ4n) is 3.14. The Morgan fingerprint density at radius 3 is 2.30 bits per heavy atom. The molecular formula is C23H32O6Si. The summed E-state index contributed by atoms with van der Waals surface area (Å²) in [6.45, 7) is 5.09. The smallest absolute Gasteiger partial charge is 0.345 e. The van der Waals surface area contributed by atoms with Crippen molar-refractivity contribution in [3.05, 3.63) is 47.6 Å². The third-order valence-electron chi connectivity index (χ3n) is 4.79. The fourth-order valence-corrected chi connectivity index (χ4v) is 3.94. The lowest BCUT2D eigenvalue weighted by atomic mass is 10.1. The molecule has 1 aliphatic rings. The predicted octanol–water partition coefficient (Wildman–Crippen LogP) is 2.78. The number of carbonyl (C=O) groups excluding carboxylic acids is 2. The average Bonchev–Trinajstić information content (AvgIpc) is 2.73. The van der Waals surface area contributed by atoms with Crippen LogP contribution in [0, 0.1) is 0 Å². The van der Waals surface area contributed by atoms with Gasteiger partial charge < -0.3 is 18.9 Å². The Morgan fingerprint density at radius 2 is 1.73 bits per heavy atom. The van der Waals surface area contributed by atoms with Crippen molar-refractivity contribution in [2.45, 2.75) is 44.8 Å². The van der Waals surface area contributed by atoms with Crippen molar-refractivity contribution in [3.8, 4) is 5.75 Å². The summed E-state index contributed by atoms with van der Waals surface area (Å²) in [4.78, 5) is 24.1. The summed E-state index contributed by atoms with van der Waals surface area (Å²) >= 11 is 0. The highest BCUT2D eigenvalue weighted by Gasteiger charge is 2.25. The van der Waals surface area contributed by atoms with Gasteiger partial charge in [-0.3, -0.25) is 0 Å². The summed E-state index contributed by atoms with van der Waals surface area (Å²) in [5.74, 6) is -0.680. The lowest BCUT2D eigenvalue weighted by Gasteiger charge is -2.33. The van der Waals surface area contributed by atoms with Crippen LogP contribution >= 0.6 is 0 Å². The van der Waals surface area contributed by atoms with E-state index in [4.69, 9.17) is 18.9 Å². The van der Waals surface area contributed by atoms with Crippen molar-refractivity contribution in [2.75, 3.05) is 26.4 Å². The Hall–Kier alpha value is -2.38. The number of benzene rings is 1. The van der Waals surface area contributed by atoms with E-state index in [1.54, 1.807) is 38.1 Å². The first-order valence-corrected chi connectivity index (χ1v) is 11.5. The second-order valence-corrected chi connectivity index (χ2v) is 9.13. The summed E-state index contributed by atoms with van der Waals surface area (Å²) < 4.78 is 21.6. The number of hydrogen-bond donors (Lipinski definition) is 0. The van der Waals surface area contributed by atoms with Crippen LogP contribution in [0.25, 0.3) is 6.08 Å². The molecule has 0 aromatic heterocycles. The molecular weight excluding hydrogens is 400 g/mol. The van der Waals surface area contributed by atoms with Crippen molar-refractivity contribution in [2.24, 2.45) is 0 Å². The van der Waals surface area contributed by atoms with E-state index in [1.807, 2.05) is 6.08 Å². The predicted molar refractivity (Wildman–Crippen MR) is 119 cm³/mol. The van der Waals surface area contributed by atoms with Crippen molar-refractivity contribution in [3.63, 3.8) is 0 Å². The molecule has 1 unspecified atom stereocenters. The first-order valence-electron chi connectivity index (χ1n) is 10.5. The van der Waals surface area contributed by atoms with Gasteiger partial charge >= 0.3 is 11.9 Å². The third kappa shape index (κ3) is 7.80. The van der Waals surface area contributed by atoms with E-state index in [-0.39, 0.29) is 24.0 Å². The molecule has 0 aliphatic carbocycles. The molecule has 1 aliphatic heterocycles. The topological polar surface area (TPSA) is 71.1 Å². The van der Waals surface area contributed by atoms with Crippen molar-refractivity contribution < 1.29 is 28.5 Å². The average molecular weight is 433 g/mol. The summed E-state index contributed by atoms with van der Waals surface area (Å²) in [5, 5.41) is 0.0816. The van der Waals surface area contributed by atoms with Gasteiger partial charge in [0.05, 0.1) is 18.4 Å². The van der Waals surface area contributed by atoms with Crippen LogP contribution in [0.3, 0.4) is 0 Å². The van der Waals surface area contributed by atoms with Gasteiger partial charge in [-0.05, 0) is 63.3 Å². The molecule has 0 amide bonds. The highest BCUT2D eigenvalue weighted by atomic mass is 28.1. The van der Waals surface area contributed by atoms with Gasteiger partial charge in [-0.25, -0.2) is 9.59 Å². The molecule has 2 rings (SSSR count). The van der Waals surface area contributed by atoms with Crippen LogP contribution in [0.5, 0.6) is 5.75 Å². The van der Waals surface area contributed by atoms with E-state index in [0.717, 1.165) is 29.7 Å². The molecule has 0 saturated carbocycles. The molecule has 0 spiro atoms. The van der Waals surface area contributed by atoms with Crippen LogP contribution in [0.1, 0.15) is 45.1 Å². The summed E-state index contributed by atoms with van der Waals surface area (Å²) in [7, 11) is 1.03. The molecule has 6 nitrogen and oxygen atoms in total. The van der Waals surface area contributed by atoms with E-state index in [1.165, 1.54) is 18.9 Å². The molecule has 1 saturated heterocycles. The Labute approximate surface area is 181 Å². The summed E-state index contributed by atoms with van der Waals surface area (Å²) in [6, 6.07) is 7.15.